The molecule has 1 atom stereocenters. The Hall–Kier alpha value is -2.66. The Balaban J connectivity index is 1.69. The number of carbonyl (C=O) groups excluding carboxylic acids is 1. The van der Waals surface area contributed by atoms with Gasteiger partial charge < -0.3 is 16.0 Å². The molecule has 3 heterocycles. The molecular weight excluding hydrogens is 336 g/mol. The highest BCUT2D eigenvalue weighted by Gasteiger charge is 2.31. The average molecular weight is 354 g/mol. The first kappa shape index (κ1) is 15.8. The van der Waals surface area contributed by atoms with Gasteiger partial charge in [-0.3, -0.25) is 4.79 Å². The summed E-state index contributed by atoms with van der Waals surface area (Å²) in [5.74, 6) is 1.14. The van der Waals surface area contributed by atoms with Crippen molar-refractivity contribution < 1.29 is 4.79 Å². The lowest BCUT2D eigenvalue weighted by Gasteiger charge is -2.29. The van der Waals surface area contributed by atoms with Crippen LogP contribution in [-0.2, 0) is 17.6 Å². The number of aromatic nitrogens is 2. The second-order valence-corrected chi connectivity index (χ2v) is 7.70. The van der Waals surface area contributed by atoms with E-state index >= 15 is 0 Å². The van der Waals surface area contributed by atoms with Crippen LogP contribution in [-0.4, -0.2) is 21.9 Å². The molecule has 8 heteroatoms. The predicted molar refractivity (Wildman–Crippen MR) is 97.3 cm³/mol. The van der Waals surface area contributed by atoms with E-state index in [4.69, 9.17) is 0 Å². The Kier molecular flexibility index (Phi) is 3.81. The van der Waals surface area contributed by atoms with Crippen molar-refractivity contribution in [1.29, 1.82) is 5.26 Å². The smallest absolute Gasteiger partial charge is 0.247 e. The molecule has 2 aliphatic rings. The largest absolute Gasteiger partial charge is 0.356 e. The zero-order valence-corrected chi connectivity index (χ0v) is 14.8. The summed E-state index contributed by atoms with van der Waals surface area (Å²) in [6.07, 6.45) is 4.53. The van der Waals surface area contributed by atoms with E-state index in [9.17, 15) is 10.1 Å². The van der Waals surface area contributed by atoms with E-state index in [1.165, 1.54) is 11.2 Å². The number of thiophene rings is 1. The highest BCUT2D eigenvalue weighted by Crippen LogP contribution is 2.41. The molecule has 0 fully saturated rings. The molecule has 1 aliphatic heterocycles. The quantitative estimate of drug-likeness (QED) is 0.783. The van der Waals surface area contributed by atoms with Gasteiger partial charge in [-0.2, -0.15) is 5.26 Å². The Morgan fingerprint density at radius 2 is 2.24 bits per heavy atom. The summed E-state index contributed by atoms with van der Waals surface area (Å²) in [5.41, 5.74) is 2.38. The standard InChI is InChI=1S/C17H18N6OS/c1-8(2)12-16(24)22-13-14(21-12)19-7-20-15(13)23-17-10(6-18)9-4-3-5-11(9)25-17/h7-8,12H,3-5H2,1-2H3,(H,22,24)(H2,19,20,21,23). The summed E-state index contributed by atoms with van der Waals surface area (Å²) in [7, 11) is 0. The molecule has 1 aliphatic carbocycles. The molecule has 2 aromatic rings. The number of nitrogens with zero attached hydrogens (tertiary/aromatic N) is 3. The van der Waals surface area contributed by atoms with Crippen molar-refractivity contribution in [3.05, 3.63) is 22.3 Å². The Morgan fingerprint density at radius 1 is 1.40 bits per heavy atom. The maximum Gasteiger partial charge on any atom is 0.247 e. The molecule has 128 valence electrons. The number of hydrogen-bond donors (Lipinski definition) is 3. The van der Waals surface area contributed by atoms with Crippen LogP contribution in [0.25, 0.3) is 0 Å². The molecule has 2 aromatic heterocycles. The summed E-state index contributed by atoms with van der Waals surface area (Å²) >= 11 is 1.60. The molecule has 0 bridgehead atoms. The fourth-order valence-corrected chi connectivity index (χ4v) is 4.55. The van der Waals surface area contributed by atoms with Crippen molar-refractivity contribution in [3.63, 3.8) is 0 Å². The van der Waals surface area contributed by atoms with E-state index in [0.717, 1.165) is 29.8 Å². The van der Waals surface area contributed by atoms with Crippen molar-refractivity contribution in [1.82, 2.24) is 9.97 Å². The maximum absolute atomic E-state index is 12.3. The van der Waals surface area contributed by atoms with E-state index in [0.29, 0.717) is 22.9 Å². The second-order valence-electron chi connectivity index (χ2n) is 6.60. The molecule has 7 nitrogen and oxygen atoms in total. The summed E-state index contributed by atoms with van der Waals surface area (Å²) in [4.78, 5) is 22.1. The minimum Gasteiger partial charge on any atom is -0.356 e. The third-order valence-electron chi connectivity index (χ3n) is 4.60. The molecule has 0 saturated carbocycles. The van der Waals surface area contributed by atoms with Crippen molar-refractivity contribution >= 4 is 39.6 Å². The van der Waals surface area contributed by atoms with E-state index in [1.54, 1.807) is 11.3 Å². The molecule has 1 amide bonds. The van der Waals surface area contributed by atoms with Crippen molar-refractivity contribution in [2.24, 2.45) is 5.92 Å². The van der Waals surface area contributed by atoms with Gasteiger partial charge in [-0.15, -0.1) is 11.3 Å². The first-order chi connectivity index (χ1) is 12.1. The zero-order valence-electron chi connectivity index (χ0n) is 14.0. The number of fused-ring (bicyclic) bond motifs is 2. The highest BCUT2D eigenvalue weighted by atomic mass is 32.1. The first-order valence-electron chi connectivity index (χ1n) is 8.32. The number of nitrogens with one attached hydrogen (secondary N) is 3. The fourth-order valence-electron chi connectivity index (χ4n) is 3.31. The van der Waals surface area contributed by atoms with Gasteiger partial charge in [0.2, 0.25) is 5.91 Å². The first-order valence-corrected chi connectivity index (χ1v) is 9.14. The third-order valence-corrected chi connectivity index (χ3v) is 5.81. The lowest BCUT2D eigenvalue weighted by molar-refractivity contribution is -0.117. The molecule has 0 spiro atoms. The molecule has 3 N–H and O–H groups in total. The number of aryl methyl sites for hydroxylation is 1. The SMILES string of the molecule is CC(C)C1Nc2ncnc(Nc3sc4c(c3C#N)CCC4)c2NC1=O. The van der Waals surface area contributed by atoms with Crippen LogP contribution in [0.3, 0.4) is 0 Å². The molecule has 0 saturated heterocycles. The fraction of sp³-hybridized carbons (Fsp3) is 0.412. The number of nitriles is 1. The highest BCUT2D eigenvalue weighted by molar-refractivity contribution is 7.16. The lowest BCUT2D eigenvalue weighted by Crippen LogP contribution is -2.43. The van der Waals surface area contributed by atoms with Gasteiger partial charge in [0.05, 0.1) is 5.56 Å². The van der Waals surface area contributed by atoms with E-state index < -0.39 is 0 Å². The number of rotatable bonds is 3. The van der Waals surface area contributed by atoms with Crippen LogP contribution in [0.4, 0.5) is 22.3 Å². The van der Waals surface area contributed by atoms with E-state index in [-0.39, 0.29) is 17.9 Å². The molecular formula is C17H18N6OS. The monoisotopic (exact) mass is 354 g/mol. The number of carbonyl (C=O) groups is 1. The maximum atomic E-state index is 12.3. The van der Waals surface area contributed by atoms with Gasteiger partial charge in [-0.05, 0) is 30.7 Å². The molecule has 0 aromatic carbocycles. The zero-order chi connectivity index (χ0) is 17.6. The predicted octanol–water partition coefficient (Wildman–Crippen LogP) is 3.03. The molecule has 0 radical (unpaired) electrons. The minimum atomic E-state index is -0.324. The summed E-state index contributed by atoms with van der Waals surface area (Å²) < 4.78 is 0. The van der Waals surface area contributed by atoms with Gasteiger partial charge in [-0.25, -0.2) is 9.97 Å². The molecule has 25 heavy (non-hydrogen) atoms. The Labute approximate surface area is 149 Å². The van der Waals surface area contributed by atoms with E-state index in [1.807, 2.05) is 13.8 Å². The number of anilines is 4. The van der Waals surface area contributed by atoms with Gasteiger partial charge in [0, 0.05) is 4.88 Å². The molecule has 1 unspecified atom stereocenters. The van der Waals surface area contributed by atoms with Crippen LogP contribution >= 0.6 is 11.3 Å². The third kappa shape index (κ3) is 2.61. The Morgan fingerprint density at radius 3 is 3.00 bits per heavy atom. The van der Waals surface area contributed by atoms with Crippen LogP contribution < -0.4 is 16.0 Å². The minimum absolute atomic E-state index is 0.102. The second kappa shape index (κ2) is 6.01. The van der Waals surface area contributed by atoms with Gasteiger partial charge in [0.1, 0.15) is 29.1 Å². The van der Waals surface area contributed by atoms with Crippen molar-refractivity contribution in [2.75, 3.05) is 16.0 Å². The number of amides is 1. The van der Waals surface area contributed by atoms with Gasteiger partial charge in [-0.1, -0.05) is 13.8 Å². The molecule has 4 rings (SSSR count). The van der Waals surface area contributed by atoms with Gasteiger partial charge in [0.25, 0.3) is 0 Å². The normalized spacial score (nSPS) is 18.2. The van der Waals surface area contributed by atoms with Crippen LogP contribution in [0.15, 0.2) is 6.33 Å². The van der Waals surface area contributed by atoms with Crippen LogP contribution in [0.2, 0.25) is 0 Å². The van der Waals surface area contributed by atoms with Gasteiger partial charge in [0.15, 0.2) is 11.6 Å². The number of hydrogen-bond acceptors (Lipinski definition) is 7. The van der Waals surface area contributed by atoms with Crippen molar-refractivity contribution in [2.45, 2.75) is 39.2 Å². The summed E-state index contributed by atoms with van der Waals surface area (Å²) in [6, 6.07) is 1.98. The average Bonchev–Trinajstić information content (AvgIpc) is 3.15. The van der Waals surface area contributed by atoms with E-state index in [2.05, 4.69) is 32.0 Å². The Bertz CT molecular complexity index is 897. The topological polar surface area (TPSA) is 103 Å². The van der Waals surface area contributed by atoms with Crippen LogP contribution in [0.5, 0.6) is 0 Å². The summed E-state index contributed by atoms with van der Waals surface area (Å²) in [5, 5.41) is 19.6. The lowest BCUT2D eigenvalue weighted by atomic mass is 10.0. The van der Waals surface area contributed by atoms with Crippen molar-refractivity contribution in [3.8, 4) is 6.07 Å². The van der Waals surface area contributed by atoms with Crippen LogP contribution in [0.1, 0.15) is 36.3 Å². The van der Waals surface area contributed by atoms with Gasteiger partial charge >= 0.3 is 0 Å². The summed E-state index contributed by atoms with van der Waals surface area (Å²) in [6.45, 7) is 3.96. The van der Waals surface area contributed by atoms with Crippen LogP contribution in [0, 0.1) is 17.2 Å².